The molecule has 0 saturated heterocycles. The summed E-state index contributed by atoms with van der Waals surface area (Å²) < 4.78 is 26.3. The third-order valence-electron chi connectivity index (χ3n) is 4.45. The van der Waals surface area contributed by atoms with E-state index in [1.807, 2.05) is 54.6 Å². The molecule has 0 radical (unpaired) electrons. The van der Waals surface area contributed by atoms with Crippen LogP contribution in [0.2, 0.25) is 0 Å². The number of hydrogen-bond donors (Lipinski definition) is 2. The molecule has 3 rings (SSSR count). The molecule has 0 aromatic heterocycles. The Bertz CT molecular complexity index is 1170. The predicted molar refractivity (Wildman–Crippen MR) is 127 cm³/mol. The maximum Gasteiger partial charge on any atom is 0.248 e. The number of nitrogens with one attached hydrogen (secondary N) is 2. The smallest absolute Gasteiger partial charge is 0.248 e. The number of carbonyl (C=O) groups excluding carboxylic acids is 1. The van der Waals surface area contributed by atoms with E-state index in [-0.39, 0.29) is 18.2 Å². The summed E-state index contributed by atoms with van der Waals surface area (Å²) in [7, 11) is -3.42. The van der Waals surface area contributed by atoms with Gasteiger partial charge in [-0.15, -0.1) is 6.58 Å². The van der Waals surface area contributed by atoms with Gasteiger partial charge in [0.05, 0.1) is 5.75 Å². The van der Waals surface area contributed by atoms with Crippen LogP contribution in [0, 0.1) is 0 Å². The summed E-state index contributed by atoms with van der Waals surface area (Å²) in [4.78, 5) is 12.3. The molecular formula is C25H24N2O3S. The van der Waals surface area contributed by atoms with E-state index in [2.05, 4.69) is 16.6 Å². The van der Waals surface area contributed by atoms with E-state index < -0.39 is 10.0 Å². The third kappa shape index (κ3) is 7.06. The van der Waals surface area contributed by atoms with Gasteiger partial charge in [0.1, 0.15) is 0 Å². The Morgan fingerprint density at radius 2 is 1.61 bits per heavy atom. The summed E-state index contributed by atoms with van der Waals surface area (Å²) >= 11 is 0. The minimum atomic E-state index is -3.42. The number of anilines is 1. The molecule has 158 valence electrons. The normalized spacial score (nSPS) is 11.4. The molecule has 0 aliphatic rings. The molecule has 0 heterocycles. The number of carbonyl (C=O) groups is 1. The lowest BCUT2D eigenvalue weighted by molar-refractivity contribution is -0.111. The van der Waals surface area contributed by atoms with Crippen molar-refractivity contribution in [3.05, 3.63) is 109 Å². The first-order valence-electron chi connectivity index (χ1n) is 9.77. The van der Waals surface area contributed by atoms with E-state index in [0.717, 1.165) is 16.7 Å². The Labute approximate surface area is 183 Å². The lowest BCUT2D eigenvalue weighted by Crippen LogP contribution is -2.25. The van der Waals surface area contributed by atoms with E-state index >= 15 is 0 Å². The first kappa shape index (κ1) is 22.2. The molecule has 0 aliphatic heterocycles. The Hall–Kier alpha value is -3.48. The van der Waals surface area contributed by atoms with Gasteiger partial charge in [0.15, 0.2) is 0 Å². The van der Waals surface area contributed by atoms with Crippen LogP contribution in [0.4, 0.5) is 5.69 Å². The SMILES string of the molecule is C=CCNS(=O)(=O)Cc1ccc(NC(=O)/C=C/c2cccc(-c3ccccc3)c2)cc1. The minimum absolute atomic E-state index is 0.132. The molecule has 0 fully saturated rings. The van der Waals surface area contributed by atoms with Crippen molar-refractivity contribution in [3.63, 3.8) is 0 Å². The van der Waals surface area contributed by atoms with Crippen LogP contribution in [-0.4, -0.2) is 20.9 Å². The van der Waals surface area contributed by atoms with Crippen molar-refractivity contribution in [1.82, 2.24) is 4.72 Å². The first-order valence-corrected chi connectivity index (χ1v) is 11.4. The lowest BCUT2D eigenvalue weighted by atomic mass is 10.0. The molecule has 0 aliphatic carbocycles. The van der Waals surface area contributed by atoms with Gasteiger partial charge in [-0.3, -0.25) is 4.79 Å². The monoisotopic (exact) mass is 432 g/mol. The average Bonchev–Trinajstić information content (AvgIpc) is 2.78. The fourth-order valence-electron chi connectivity index (χ4n) is 2.95. The number of benzene rings is 3. The maximum absolute atomic E-state index is 12.3. The van der Waals surface area contributed by atoms with Gasteiger partial charge in [-0.25, -0.2) is 13.1 Å². The van der Waals surface area contributed by atoms with Crippen molar-refractivity contribution >= 4 is 27.7 Å². The van der Waals surface area contributed by atoms with Crippen LogP contribution in [0.5, 0.6) is 0 Å². The Kier molecular flexibility index (Phi) is 7.54. The largest absolute Gasteiger partial charge is 0.323 e. The Balaban J connectivity index is 1.60. The quantitative estimate of drug-likeness (QED) is 0.383. The van der Waals surface area contributed by atoms with Crippen LogP contribution in [0.25, 0.3) is 17.2 Å². The molecule has 3 aromatic carbocycles. The zero-order valence-corrected chi connectivity index (χ0v) is 17.8. The second-order valence-electron chi connectivity index (χ2n) is 6.91. The van der Waals surface area contributed by atoms with Crippen LogP contribution in [0.15, 0.2) is 97.6 Å². The standard InChI is InChI=1S/C25H24N2O3S/c1-2-17-26-31(29,30)19-21-11-14-24(15-12-21)27-25(28)16-13-20-7-6-10-23(18-20)22-8-4-3-5-9-22/h2-16,18,26H,1,17,19H2,(H,27,28)/b16-13+. The molecule has 0 saturated carbocycles. The van der Waals surface area contributed by atoms with Gasteiger partial charge >= 0.3 is 0 Å². The third-order valence-corrected chi connectivity index (χ3v) is 5.77. The van der Waals surface area contributed by atoms with Crippen LogP contribution >= 0.6 is 0 Å². The predicted octanol–water partition coefficient (Wildman–Crippen LogP) is 4.61. The lowest BCUT2D eigenvalue weighted by Gasteiger charge is -2.07. The van der Waals surface area contributed by atoms with Crippen LogP contribution < -0.4 is 10.0 Å². The summed E-state index contributed by atoms with van der Waals surface area (Å²) in [6, 6.07) is 24.7. The maximum atomic E-state index is 12.3. The van der Waals surface area contributed by atoms with E-state index in [4.69, 9.17) is 0 Å². The Morgan fingerprint density at radius 3 is 2.32 bits per heavy atom. The fraction of sp³-hybridized carbons (Fsp3) is 0.0800. The molecule has 5 nitrogen and oxygen atoms in total. The highest BCUT2D eigenvalue weighted by molar-refractivity contribution is 7.88. The molecule has 0 spiro atoms. The topological polar surface area (TPSA) is 75.3 Å². The molecule has 3 aromatic rings. The van der Waals surface area contributed by atoms with Crippen molar-refractivity contribution in [2.75, 3.05) is 11.9 Å². The van der Waals surface area contributed by atoms with Crippen molar-refractivity contribution in [2.45, 2.75) is 5.75 Å². The van der Waals surface area contributed by atoms with Gasteiger partial charge in [0, 0.05) is 18.3 Å². The minimum Gasteiger partial charge on any atom is -0.323 e. The highest BCUT2D eigenvalue weighted by Gasteiger charge is 2.10. The molecule has 0 atom stereocenters. The highest BCUT2D eigenvalue weighted by Crippen LogP contribution is 2.20. The van der Waals surface area contributed by atoms with Crippen LogP contribution in [-0.2, 0) is 20.6 Å². The molecule has 6 heteroatoms. The number of hydrogen-bond acceptors (Lipinski definition) is 3. The van der Waals surface area contributed by atoms with Crippen molar-refractivity contribution < 1.29 is 13.2 Å². The van der Waals surface area contributed by atoms with Gasteiger partial charge in [0.2, 0.25) is 15.9 Å². The second kappa shape index (κ2) is 10.5. The molecule has 1 amide bonds. The van der Waals surface area contributed by atoms with Crippen molar-refractivity contribution in [1.29, 1.82) is 0 Å². The number of amides is 1. The first-order chi connectivity index (χ1) is 14.9. The van der Waals surface area contributed by atoms with E-state index in [0.29, 0.717) is 11.3 Å². The molecular weight excluding hydrogens is 408 g/mol. The zero-order chi connectivity index (χ0) is 22.1. The van der Waals surface area contributed by atoms with Gasteiger partial charge < -0.3 is 5.32 Å². The van der Waals surface area contributed by atoms with Gasteiger partial charge in [0.25, 0.3) is 0 Å². The van der Waals surface area contributed by atoms with E-state index in [1.54, 1.807) is 30.3 Å². The molecule has 0 unspecified atom stereocenters. The fourth-order valence-corrected chi connectivity index (χ4v) is 4.05. The summed E-state index contributed by atoms with van der Waals surface area (Å²) in [5, 5.41) is 2.78. The summed E-state index contributed by atoms with van der Waals surface area (Å²) in [5.74, 6) is -0.398. The molecule has 0 bridgehead atoms. The van der Waals surface area contributed by atoms with Gasteiger partial charge in [-0.1, -0.05) is 66.7 Å². The van der Waals surface area contributed by atoms with Crippen LogP contribution in [0.1, 0.15) is 11.1 Å². The van der Waals surface area contributed by atoms with E-state index in [9.17, 15) is 13.2 Å². The molecule has 31 heavy (non-hydrogen) atoms. The Morgan fingerprint density at radius 1 is 0.903 bits per heavy atom. The van der Waals surface area contributed by atoms with Gasteiger partial charge in [-0.2, -0.15) is 0 Å². The summed E-state index contributed by atoms with van der Waals surface area (Å²) in [6.07, 6.45) is 4.72. The summed E-state index contributed by atoms with van der Waals surface area (Å²) in [5.41, 5.74) is 4.33. The zero-order valence-electron chi connectivity index (χ0n) is 17.0. The highest BCUT2D eigenvalue weighted by atomic mass is 32.2. The van der Waals surface area contributed by atoms with Crippen molar-refractivity contribution in [2.24, 2.45) is 0 Å². The number of sulfonamides is 1. The van der Waals surface area contributed by atoms with Crippen LogP contribution in [0.3, 0.4) is 0 Å². The second-order valence-corrected chi connectivity index (χ2v) is 8.71. The summed E-state index contributed by atoms with van der Waals surface area (Å²) in [6.45, 7) is 3.68. The average molecular weight is 433 g/mol. The van der Waals surface area contributed by atoms with E-state index in [1.165, 1.54) is 12.2 Å². The van der Waals surface area contributed by atoms with Crippen molar-refractivity contribution in [3.8, 4) is 11.1 Å². The van der Waals surface area contributed by atoms with Gasteiger partial charge in [-0.05, 0) is 46.5 Å². The number of rotatable bonds is 9. The molecule has 2 N–H and O–H groups in total.